The van der Waals surface area contributed by atoms with Crippen molar-refractivity contribution in [2.24, 2.45) is 0 Å². The van der Waals surface area contributed by atoms with Gasteiger partial charge in [-0.25, -0.2) is 4.57 Å². The molecule has 4 atom stereocenters. The topological polar surface area (TPSA) is 66.5 Å². The fourth-order valence-electron chi connectivity index (χ4n) is 3.20. The van der Waals surface area contributed by atoms with Gasteiger partial charge in [0.2, 0.25) is 0 Å². The number of methoxy groups -OCH3 is 1. The number of rotatable bonds is 16. The van der Waals surface area contributed by atoms with Crippen LogP contribution in [0.3, 0.4) is 0 Å². The molecule has 0 N–H and O–H groups in total. The van der Waals surface area contributed by atoms with Crippen molar-refractivity contribution in [2.45, 2.75) is 44.3 Å². The maximum atomic E-state index is 14.1. The molecule has 0 spiro atoms. The first-order chi connectivity index (χ1) is 16.6. The van der Waals surface area contributed by atoms with Gasteiger partial charge in [0.15, 0.2) is 6.79 Å². The Hall–Kier alpha value is -1.67. The molecule has 0 aliphatic carbocycles. The van der Waals surface area contributed by atoms with Crippen LogP contribution >= 0.6 is 19.5 Å². The molecule has 0 aliphatic heterocycles. The SMILES string of the molecule is COc1cccc(CCc2ccccc2OCC(CN(C)C)OCO[P@@](=O)(F)OC(C)C(C)Cl)c1. The zero-order valence-electron chi connectivity index (χ0n) is 21.0. The highest BCUT2D eigenvalue weighted by molar-refractivity contribution is 7.48. The summed E-state index contributed by atoms with van der Waals surface area (Å²) in [6.45, 7) is 3.27. The van der Waals surface area contributed by atoms with Gasteiger partial charge in [0.1, 0.15) is 24.2 Å². The van der Waals surface area contributed by atoms with Crippen molar-refractivity contribution in [1.29, 1.82) is 0 Å². The first-order valence-electron chi connectivity index (χ1n) is 11.5. The molecule has 2 aromatic rings. The molecule has 2 aromatic carbocycles. The average Bonchev–Trinajstić information content (AvgIpc) is 2.81. The van der Waals surface area contributed by atoms with Crippen LogP contribution in [-0.2, 0) is 31.2 Å². The van der Waals surface area contributed by atoms with E-state index in [1.54, 1.807) is 14.0 Å². The number of hydrogen-bond donors (Lipinski definition) is 0. The van der Waals surface area contributed by atoms with Gasteiger partial charge in [-0.1, -0.05) is 30.3 Å². The quantitative estimate of drug-likeness (QED) is 0.152. The van der Waals surface area contributed by atoms with Crippen LogP contribution in [0.1, 0.15) is 25.0 Å². The van der Waals surface area contributed by atoms with E-state index >= 15 is 0 Å². The Morgan fingerprint density at radius 1 is 1.09 bits per heavy atom. The van der Waals surface area contributed by atoms with Gasteiger partial charge < -0.3 is 19.1 Å². The Morgan fingerprint density at radius 3 is 2.51 bits per heavy atom. The average molecular weight is 532 g/mol. The number of para-hydroxylation sites is 1. The van der Waals surface area contributed by atoms with Crippen molar-refractivity contribution in [3.05, 3.63) is 59.7 Å². The summed E-state index contributed by atoms with van der Waals surface area (Å²) in [7, 11) is 0.620. The molecular weight excluding hydrogens is 496 g/mol. The third-order valence-corrected chi connectivity index (χ3v) is 6.59. The number of halogens is 2. The standard InChI is InChI=1S/C25H36ClFNO6P/c1-19(26)20(2)34-35(27,29)33-18-32-24(16-28(3)4)17-31-25-12-7-6-10-22(25)14-13-21-9-8-11-23(15-21)30-5/h6-12,15,19-20,24H,13-14,16-18H2,1-5H3/t19?,20?,24?,35-/m0/s1. The first-order valence-corrected chi connectivity index (χ1v) is 13.3. The summed E-state index contributed by atoms with van der Waals surface area (Å²) in [4.78, 5) is 1.91. The highest BCUT2D eigenvalue weighted by Crippen LogP contribution is 2.51. The zero-order chi connectivity index (χ0) is 25.8. The molecule has 0 saturated heterocycles. The molecule has 0 bridgehead atoms. The normalized spacial score (nSPS) is 15.9. The molecule has 0 saturated carbocycles. The molecule has 10 heteroatoms. The number of aryl methyl sites for hydroxylation is 2. The van der Waals surface area contributed by atoms with Gasteiger partial charge in [-0.3, -0.25) is 9.05 Å². The monoisotopic (exact) mass is 531 g/mol. The predicted molar refractivity (Wildman–Crippen MR) is 136 cm³/mol. The molecule has 0 aromatic heterocycles. The fourth-order valence-corrected chi connectivity index (χ4v) is 4.15. The number of benzene rings is 2. The lowest BCUT2D eigenvalue weighted by Crippen LogP contribution is -2.34. The van der Waals surface area contributed by atoms with Crippen LogP contribution in [-0.4, -0.2) is 63.6 Å². The first kappa shape index (κ1) is 29.6. The van der Waals surface area contributed by atoms with Gasteiger partial charge in [0.25, 0.3) is 0 Å². The molecule has 7 nitrogen and oxygen atoms in total. The van der Waals surface area contributed by atoms with Crippen molar-refractivity contribution in [3.8, 4) is 11.5 Å². The van der Waals surface area contributed by atoms with E-state index in [0.29, 0.717) is 6.54 Å². The Morgan fingerprint density at radius 2 is 1.83 bits per heavy atom. The third-order valence-electron chi connectivity index (χ3n) is 5.23. The lowest BCUT2D eigenvalue weighted by molar-refractivity contribution is -0.0702. The van der Waals surface area contributed by atoms with E-state index in [1.807, 2.05) is 61.5 Å². The van der Waals surface area contributed by atoms with E-state index in [4.69, 9.17) is 34.9 Å². The lowest BCUT2D eigenvalue weighted by atomic mass is 10.0. The summed E-state index contributed by atoms with van der Waals surface area (Å²) in [6, 6.07) is 15.8. The zero-order valence-corrected chi connectivity index (χ0v) is 22.6. The lowest BCUT2D eigenvalue weighted by Gasteiger charge is -2.23. The van der Waals surface area contributed by atoms with E-state index in [9.17, 15) is 8.76 Å². The minimum atomic E-state index is -4.79. The Bertz CT molecular complexity index is 948. The number of hydrogen-bond acceptors (Lipinski definition) is 7. The highest BCUT2D eigenvalue weighted by atomic mass is 35.5. The Labute approximate surface area is 213 Å². The fraction of sp³-hybridized carbons (Fsp3) is 0.520. The number of alkyl halides is 1. The molecule has 0 fully saturated rings. The van der Waals surface area contributed by atoms with E-state index in [0.717, 1.165) is 29.9 Å². The third kappa shape index (κ3) is 11.3. The van der Waals surface area contributed by atoms with Crippen molar-refractivity contribution >= 4 is 19.5 Å². The van der Waals surface area contributed by atoms with Crippen LogP contribution in [0.2, 0.25) is 0 Å². The molecule has 35 heavy (non-hydrogen) atoms. The van der Waals surface area contributed by atoms with Gasteiger partial charge in [0, 0.05) is 6.54 Å². The molecule has 3 unspecified atom stereocenters. The van der Waals surface area contributed by atoms with Crippen LogP contribution < -0.4 is 9.47 Å². The van der Waals surface area contributed by atoms with Crippen LogP contribution in [0.25, 0.3) is 0 Å². The number of ether oxygens (including phenoxy) is 3. The smallest absolute Gasteiger partial charge is 0.497 e. The maximum absolute atomic E-state index is 14.1. The summed E-state index contributed by atoms with van der Waals surface area (Å²) in [5, 5.41) is -0.525. The molecule has 196 valence electrons. The van der Waals surface area contributed by atoms with E-state index < -0.39 is 32.3 Å². The Balaban J connectivity index is 1.93. The second kappa shape index (κ2) is 14.8. The molecular formula is C25H36ClFNO6P. The summed E-state index contributed by atoms with van der Waals surface area (Å²) in [5.74, 6) is 1.57. The predicted octanol–water partition coefficient (Wildman–Crippen LogP) is 5.89. The molecule has 0 radical (unpaired) electrons. The molecule has 0 amide bonds. The van der Waals surface area contributed by atoms with Crippen molar-refractivity contribution < 1.29 is 32.0 Å². The number of nitrogens with zero attached hydrogens (tertiary/aromatic N) is 1. The summed E-state index contributed by atoms with van der Waals surface area (Å²) in [5.41, 5.74) is 2.22. The highest BCUT2D eigenvalue weighted by Gasteiger charge is 2.29. The summed E-state index contributed by atoms with van der Waals surface area (Å²) >= 11 is 5.83. The van der Waals surface area contributed by atoms with E-state index in [2.05, 4.69) is 6.07 Å². The van der Waals surface area contributed by atoms with E-state index in [1.165, 1.54) is 12.5 Å². The second-order valence-electron chi connectivity index (χ2n) is 8.49. The van der Waals surface area contributed by atoms with Crippen LogP contribution in [0.15, 0.2) is 48.5 Å². The van der Waals surface area contributed by atoms with Crippen LogP contribution in [0.4, 0.5) is 4.20 Å². The van der Waals surface area contributed by atoms with Crippen molar-refractivity contribution in [3.63, 3.8) is 0 Å². The van der Waals surface area contributed by atoms with Crippen LogP contribution in [0, 0.1) is 0 Å². The van der Waals surface area contributed by atoms with Gasteiger partial charge in [0.05, 0.1) is 18.6 Å². The minimum Gasteiger partial charge on any atom is -0.497 e. The van der Waals surface area contributed by atoms with Crippen molar-refractivity contribution in [2.75, 3.05) is 41.1 Å². The van der Waals surface area contributed by atoms with Gasteiger partial charge in [-0.15, -0.1) is 15.8 Å². The summed E-state index contributed by atoms with van der Waals surface area (Å²) < 4.78 is 52.5. The van der Waals surface area contributed by atoms with Crippen LogP contribution in [0.5, 0.6) is 11.5 Å². The Kier molecular flexibility index (Phi) is 12.5. The minimum absolute atomic E-state index is 0.199. The number of likely N-dealkylation sites (N-methyl/N-ethyl adjacent to an activating group) is 1. The van der Waals surface area contributed by atoms with Gasteiger partial charge in [-0.05, 0) is 70.1 Å². The molecule has 2 rings (SSSR count). The van der Waals surface area contributed by atoms with E-state index in [-0.39, 0.29) is 6.61 Å². The summed E-state index contributed by atoms with van der Waals surface area (Å²) in [6.07, 6.45) is 0.377. The maximum Gasteiger partial charge on any atom is 0.515 e. The second-order valence-corrected chi connectivity index (χ2v) is 10.5. The molecule has 0 heterocycles. The van der Waals surface area contributed by atoms with Crippen molar-refractivity contribution in [1.82, 2.24) is 4.90 Å². The molecule has 0 aliphatic rings. The van der Waals surface area contributed by atoms with Gasteiger partial charge in [-0.2, -0.15) is 0 Å². The largest absolute Gasteiger partial charge is 0.515 e. The van der Waals surface area contributed by atoms with Gasteiger partial charge >= 0.3 is 7.91 Å².